The molecule has 0 fully saturated rings. The van der Waals surface area contributed by atoms with Gasteiger partial charge in [-0.2, -0.15) is 0 Å². The van der Waals surface area contributed by atoms with Gasteiger partial charge in [0.1, 0.15) is 0 Å². The van der Waals surface area contributed by atoms with E-state index in [1.807, 2.05) is 18.2 Å². The summed E-state index contributed by atoms with van der Waals surface area (Å²) >= 11 is 0. The number of hydrogen-bond acceptors (Lipinski definition) is 2. The smallest absolute Gasteiger partial charge is 0.152 e. The van der Waals surface area contributed by atoms with E-state index >= 15 is 0 Å². The summed E-state index contributed by atoms with van der Waals surface area (Å²) < 4.78 is 7.57. The highest BCUT2D eigenvalue weighted by Crippen LogP contribution is 2.27. The molecule has 3 rings (SSSR count). The summed E-state index contributed by atoms with van der Waals surface area (Å²) in [5.74, 6) is 0. The third kappa shape index (κ3) is 1.13. The van der Waals surface area contributed by atoms with Crippen LogP contribution in [0.2, 0.25) is 0 Å². The monoisotopic (exact) mass is 201 g/mol. The molecule has 0 bridgehead atoms. The lowest BCUT2D eigenvalue weighted by Gasteiger charge is -2.16. The van der Waals surface area contributed by atoms with E-state index in [9.17, 15) is 4.79 Å². The maximum Gasteiger partial charge on any atom is 0.152 e. The zero-order valence-corrected chi connectivity index (χ0v) is 8.27. The summed E-state index contributed by atoms with van der Waals surface area (Å²) in [7, 11) is 0. The van der Waals surface area contributed by atoms with E-state index in [4.69, 9.17) is 4.74 Å². The van der Waals surface area contributed by atoms with Crippen molar-refractivity contribution < 1.29 is 9.53 Å². The number of aromatic nitrogens is 1. The van der Waals surface area contributed by atoms with Gasteiger partial charge in [0.25, 0.3) is 0 Å². The lowest BCUT2D eigenvalue weighted by atomic mass is 10.1. The van der Waals surface area contributed by atoms with Crippen LogP contribution in [0.25, 0.3) is 10.9 Å². The van der Waals surface area contributed by atoms with E-state index < -0.39 is 0 Å². The number of para-hydroxylation sites is 1. The highest BCUT2D eigenvalue weighted by atomic mass is 16.5. The molecule has 0 unspecified atom stereocenters. The van der Waals surface area contributed by atoms with Crippen molar-refractivity contribution >= 4 is 17.2 Å². The highest BCUT2D eigenvalue weighted by molar-refractivity contribution is 5.99. The van der Waals surface area contributed by atoms with E-state index in [0.717, 1.165) is 41.6 Å². The largest absolute Gasteiger partial charge is 0.373 e. The molecular weight excluding hydrogens is 190 g/mol. The summed E-state index contributed by atoms with van der Waals surface area (Å²) in [6.07, 6.45) is 0.933. The SMILES string of the molecule is O=Cc1c2n(c3ccccc13)CCOC2. The Hall–Kier alpha value is -1.61. The number of hydrogen-bond donors (Lipinski definition) is 0. The number of benzene rings is 1. The van der Waals surface area contributed by atoms with Gasteiger partial charge in [0, 0.05) is 23.0 Å². The van der Waals surface area contributed by atoms with Gasteiger partial charge < -0.3 is 9.30 Å². The van der Waals surface area contributed by atoms with Crippen LogP contribution in [0.1, 0.15) is 16.1 Å². The molecule has 3 nitrogen and oxygen atoms in total. The number of rotatable bonds is 1. The van der Waals surface area contributed by atoms with E-state index in [-0.39, 0.29) is 0 Å². The predicted molar refractivity (Wildman–Crippen MR) is 57.0 cm³/mol. The Morgan fingerprint density at radius 3 is 3.07 bits per heavy atom. The molecule has 2 heterocycles. The molecule has 3 heteroatoms. The molecule has 0 spiro atoms. The maximum absolute atomic E-state index is 11.1. The van der Waals surface area contributed by atoms with Gasteiger partial charge in [0.15, 0.2) is 6.29 Å². The van der Waals surface area contributed by atoms with Crippen LogP contribution in [-0.4, -0.2) is 17.5 Å². The second-order valence-corrected chi connectivity index (χ2v) is 3.70. The second-order valence-electron chi connectivity index (χ2n) is 3.70. The number of carbonyl (C=O) groups is 1. The van der Waals surface area contributed by atoms with Crippen molar-refractivity contribution in [1.29, 1.82) is 0 Å². The van der Waals surface area contributed by atoms with Crippen molar-refractivity contribution in [2.75, 3.05) is 6.61 Å². The molecule has 0 amide bonds. The standard InChI is InChI=1S/C12H11NO2/c14-7-10-9-3-1-2-4-11(9)13-5-6-15-8-12(10)13/h1-4,7H,5-6,8H2. The summed E-state index contributed by atoms with van der Waals surface area (Å²) in [6.45, 7) is 2.11. The maximum atomic E-state index is 11.1. The first-order chi connectivity index (χ1) is 7.42. The van der Waals surface area contributed by atoms with Crippen LogP contribution in [-0.2, 0) is 17.9 Å². The Balaban J connectivity index is 2.42. The Kier molecular flexibility index (Phi) is 1.86. The number of nitrogens with zero attached hydrogens (tertiary/aromatic N) is 1. The van der Waals surface area contributed by atoms with Gasteiger partial charge in [-0.15, -0.1) is 0 Å². The number of fused-ring (bicyclic) bond motifs is 3. The normalized spacial score (nSPS) is 15.2. The minimum atomic E-state index is 0.544. The molecular formula is C12H11NO2. The molecule has 1 aromatic heterocycles. The minimum Gasteiger partial charge on any atom is -0.373 e. The first kappa shape index (κ1) is 8.68. The first-order valence-electron chi connectivity index (χ1n) is 5.05. The quantitative estimate of drug-likeness (QED) is 0.660. The van der Waals surface area contributed by atoms with Gasteiger partial charge in [0.05, 0.1) is 18.9 Å². The number of carbonyl (C=O) groups excluding carboxylic acids is 1. The summed E-state index contributed by atoms with van der Waals surface area (Å²) in [4.78, 5) is 11.1. The average molecular weight is 201 g/mol. The molecule has 1 aromatic carbocycles. The molecule has 1 aliphatic rings. The topological polar surface area (TPSA) is 31.2 Å². The van der Waals surface area contributed by atoms with Crippen molar-refractivity contribution in [3.8, 4) is 0 Å². The van der Waals surface area contributed by atoms with Crippen LogP contribution in [0.4, 0.5) is 0 Å². The van der Waals surface area contributed by atoms with Gasteiger partial charge in [-0.25, -0.2) is 0 Å². The lowest BCUT2D eigenvalue weighted by molar-refractivity contribution is 0.0849. The zero-order valence-electron chi connectivity index (χ0n) is 8.27. The van der Waals surface area contributed by atoms with Crippen LogP contribution < -0.4 is 0 Å². The van der Waals surface area contributed by atoms with E-state index in [0.29, 0.717) is 6.61 Å². The molecule has 1 aliphatic heterocycles. The zero-order chi connectivity index (χ0) is 10.3. The van der Waals surface area contributed by atoms with Crippen LogP contribution >= 0.6 is 0 Å². The molecule has 76 valence electrons. The van der Waals surface area contributed by atoms with Crippen molar-refractivity contribution in [2.45, 2.75) is 13.2 Å². The molecule has 0 radical (unpaired) electrons. The summed E-state index contributed by atoms with van der Waals surface area (Å²) in [5, 5.41) is 1.04. The van der Waals surface area contributed by atoms with Gasteiger partial charge in [-0.3, -0.25) is 4.79 Å². The van der Waals surface area contributed by atoms with Crippen molar-refractivity contribution in [1.82, 2.24) is 4.57 Å². The molecule has 2 aromatic rings. The minimum absolute atomic E-state index is 0.544. The molecule has 0 saturated carbocycles. The van der Waals surface area contributed by atoms with Gasteiger partial charge >= 0.3 is 0 Å². The van der Waals surface area contributed by atoms with Gasteiger partial charge in [-0.05, 0) is 6.07 Å². The van der Waals surface area contributed by atoms with E-state index in [1.54, 1.807) is 0 Å². The third-order valence-corrected chi connectivity index (χ3v) is 2.94. The van der Waals surface area contributed by atoms with Crippen LogP contribution in [0.15, 0.2) is 24.3 Å². The molecule has 0 N–H and O–H groups in total. The Bertz CT molecular complexity index is 528. The van der Waals surface area contributed by atoms with Crippen molar-refractivity contribution in [3.05, 3.63) is 35.5 Å². The fourth-order valence-corrected chi connectivity index (χ4v) is 2.25. The van der Waals surface area contributed by atoms with Crippen LogP contribution in [0.5, 0.6) is 0 Å². The highest BCUT2D eigenvalue weighted by Gasteiger charge is 2.18. The van der Waals surface area contributed by atoms with Crippen molar-refractivity contribution in [2.24, 2.45) is 0 Å². The van der Waals surface area contributed by atoms with Crippen molar-refractivity contribution in [3.63, 3.8) is 0 Å². The lowest BCUT2D eigenvalue weighted by Crippen LogP contribution is -2.16. The molecule has 0 saturated heterocycles. The molecule has 0 atom stereocenters. The Morgan fingerprint density at radius 2 is 2.20 bits per heavy atom. The van der Waals surface area contributed by atoms with Crippen LogP contribution in [0.3, 0.4) is 0 Å². The van der Waals surface area contributed by atoms with Gasteiger partial charge in [-0.1, -0.05) is 18.2 Å². The first-order valence-corrected chi connectivity index (χ1v) is 5.05. The van der Waals surface area contributed by atoms with E-state index in [2.05, 4.69) is 10.6 Å². The Morgan fingerprint density at radius 1 is 1.33 bits per heavy atom. The number of aldehydes is 1. The Labute approximate surface area is 87.3 Å². The number of ether oxygens (including phenoxy) is 1. The molecule has 0 aliphatic carbocycles. The van der Waals surface area contributed by atoms with Crippen LogP contribution in [0, 0.1) is 0 Å². The predicted octanol–water partition coefficient (Wildman–Crippen LogP) is 1.98. The fraction of sp³-hybridized carbons (Fsp3) is 0.250. The third-order valence-electron chi connectivity index (χ3n) is 2.94. The average Bonchev–Trinajstić information content (AvgIpc) is 2.63. The molecule has 15 heavy (non-hydrogen) atoms. The fourth-order valence-electron chi connectivity index (χ4n) is 2.25. The second kappa shape index (κ2) is 3.21. The summed E-state index contributed by atoms with van der Waals surface area (Å²) in [5.41, 5.74) is 2.93. The van der Waals surface area contributed by atoms with Gasteiger partial charge in [0.2, 0.25) is 0 Å². The summed E-state index contributed by atoms with van der Waals surface area (Å²) in [6, 6.07) is 8.00. The van der Waals surface area contributed by atoms with E-state index in [1.165, 1.54) is 0 Å².